The van der Waals surface area contributed by atoms with E-state index in [-0.39, 0.29) is 5.57 Å². The summed E-state index contributed by atoms with van der Waals surface area (Å²) in [6, 6.07) is 13.4. The number of anilines is 1. The fraction of sp³-hybridized carbons (Fsp3) is 0.200. The van der Waals surface area contributed by atoms with E-state index in [4.69, 9.17) is 9.47 Å². The molecule has 1 aliphatic rings. The Morgan fingerprint density at radius 2 is 1.54 bits per heavy atom. The number of carbonyl (C=O) groups excluding carboxylic acids is 2. The highest BCUT2D eigenvalue weighted by Crippen LogP contribution is 2.36. The highest BCUT2D eigenvalue weighted by molar-refractivity contribution is 6.45. The van der Waals surface area contributed by atoms with Gasteiger partial charge in [0.05, 0.1) is 24.5 Å². The third-order valence-electron chi connectivity index (χ3n) is 3.92. The maximum atomic E-state index is 12.9. The van der Waals surface area contributed by atoms with Crippen LogP contribution in [-0.2, 0) is 9.59 Å². The van der Waals surface area contributed by atoms with E-state index < -0.39 is 17.6 Å². The van der Waals surface area contributed by atoms with Crippen molar-refractivity contribution in [2.45, 2.75) is 13.8 Å². The quantitative estimate of drug-likeness (QED) is 0.806. The Bertz CT molecular complexity index is 870. The van der Waals surface area contributed by atoms with Crippen LogP contribution in [0.3, 0.4) is 0 Å². The molecule has 0 spiro atoms. The number of para-hydroxylation sites is 2. The van der Waals surface area contributed by atoms with Crippen LogP contribution >= 0.6 is 0 Å². The molecule has 0 aliphatic carbocycles. The van der Waals surface area contributed by atoms with Crippen LogP contribution in [0.1, 0.15) is 19.4 Å². The van der Waals surface area contributed by atoms with Crippen molar-refractivity contribution in [3.63, 3.8) is 0 Å². The van der Waals surface area contributed by atoms with E-state index in [9.17, 15) is 14.7 Å². The maximum absolute atomic E-state index is 12.9. The Morgan fingerprint density at radius 1 is 0.885 bits per heavy atom. The molecular formula is C20H19NO5. The lowest BCUT2D eigenvalue weighted by Gasteiger charge is -2.18. The average molecular weight is 353 g/mol. The van der Waals surface area contributed by atoms with Gasteiger partial charge in [-0.3, -0.25) is 9.59 Å². The number of benzene rings is 2. The number of aliphatic hydroxyl groups excluding tert-OH is 1. The molecule has 0 bridgehead atoms. The largest absolute Gasteiger partial charge is 0.502 e. The molecule has 0 saturated carbocycles. The van der Waals surface area contributed by atoms with Gasteiger partial charge >= 0.3 is 5.91 Å². The highest BCUT2D eigenvalue weighted by Gasteiger charge is 2.41. The van der Waals surface area contributed by atoms with Crippen molar-refractivity contribution < 1.29 is 24.2 Å². The third-order valence-corrected chi connectivity index (χ3v) is 3.92. The Balaban J connectivity index is 1.98. The van der Waals surface area contributed by atoms with Crippen molar-refractivity contribution in [3.8, 4) is 11.5 Å². The van der Waals surface area contributed by atoms with Crippen LogP contribution in [0.5, 0.6) is 11.5 Å². The fourth-order valence-corrected chi connectivity index (χ4v) is 2.80. The minimum absolute atomic E-state index is 0.0376. The van der Waals surface area contributed by atoms with Crippen molar-refractivity contribution >= 4 is 23.1 Å². The van der Waals surface area contributed by atoms with E-state index in [1.165, 1.54) is 0 Å². The molecule has 0 radical (unpaired) electrons. The molecule has 0 saturated heterocycles. The summed E-state index contributed by atoms with van der Waals surface area (Å²) < 4.78 is 10.9. The van der Waals surface area contributed by atoms with Crippen molar-refractivity contribution in [3.05, 3.63) is 59.9 Å². The predicted molar refractivity (Wildman–Crippen MR) is 97.3 cm³/mol. The Hall–Kier alpha value is -3.28. The zero-order chi connectivity index (χ0) is 18.7. The summed E-state index contributed by atoms with van der Waals surface area (Å²) in [5, 5.41) is 10.3. The van der Waals surface area contributed by atoms with Gasteiger partial charge in [-0.1, -0.05) is 24.3 Å². The molecule has 134 valence electrons. The second-order valence-electron chi connectivity index (χ2n) is 5.53. The monoisotopic (exact) mass is 353 g/mol. The summed E-state index contributed by atoms with van der Waals surface area (Å²) in [4.78, 5) is 26.4. The second kappa shape index (κ2) is 7.31. The van der Waals surface area contributed by atoms with Crippen LogP contribution in [0.15, 0.2) is 54.3 Å². The van der Waals surface area contributed by atoms with Crippen LogP contribution in [0, 0.1) is 0 Å². The van der Waals surface area contributed by atoms with Crippen LogP contribution < -0.4 is 14.4 Å². The summed E-state index contributed by atoms with van der Waals surface area (Å²) in [6.07, 6.45) is 0. The number of carbonyl (C=O) groups is 2. The summed E-state index contributed by atoms with van der Waals surface area (Å²) >= 11 is 0. The van der Waals surface area contributed by atoms with Gasteiger partial charge in [-0.15, -0.1) is 0 Å². The first-order valence-electron chi connectivity index (χ1n) is 8.35. The molecule has 0 fully saturated rings. The Labute approximate surface area is 151 Å². The molecule has 0 atom stereocenters. The molecule has 6 heteroatoms. The van der Waals surface area contributed by atoms with E-state index in [1.54, 1.807) is 48.5 Å². The van der Waals surface area contributed by atoms with Crippen molar-refractivity contribution in [2.24, 2.45) is 0 Å². The second-order valence-corrected chi connectivity index (χ2v) is 5.53. The lowest BCUT2D eigenvalue weighted by atomic mass is 10.1. The molecule has 3 rings (SSSR count). The summed E-state index contributed by atoms with van der Waals surface area (Å²) in [5.74, 6) is -0.899. The molecule has 2 aromatic carbocycles. The van der Waals surface area contributed by atoms with Gasteiger partial charge in [-0.25, -0.2) is 4.90 Å². The Kier molecular flexibility index (Phi) is 4.93. The highest BCUT2D eigenvalue weighted by atomic mass is 16.5. The third kappa shape index (κ3) is 3.01. The number of ether oxygens (including phenoxy) is 2. The molecule has 2 aromatic rings. The van der Waals surface area contributed by atoms with Gasteiger partial charge in [-0.05, 0) is 43.7 Å². The maximum Gasteiger partial charge on any atom is 0.301 e. The molecule has 0 aromatic heterocycles. The first-order chi connectivity index (χ1) is 12.6. The SMILES string of the molecule is CCOc1ccc(C2=C(O)C(=O)N(c3ccccc3OCC)C2=O)cc1. The summed E-state index contributed by atoms with van der Waals surface area (Å²) in [6.45, 7) is 4.59. The zero-order valence-corrected chi connectivity index (χ0v) is 14.6. The number of hydrogen-bond donors (Lipinski definition) is 1. The summed E-state index contributed by atoms with van der Waals surface area (Å²) in [5.41, 5.74) is 0.710. The first-order valence-corrected chi connectivity index (χ1v) is 8.35. The first kappa shape index (κ1) is 17.5. The smallest absolute Gasteiger partial charge is 0.301 e. The van der Waals surface area contributed by atoms with E-state index in [1.807, 2.05) is 13.8 Å². The molecule has 2 amide bonds. The van der Waals surface area contributed by atoms with Gasteiger partial charge in [-0.2, -0.15) is 0 Å². The molecular weight excluding hydrogens is 334 g/mol. The van der Waals surface area contributed by atoms with Crippen molar-refractivity contribution in [2.75, 3.05) is 18.1 Å². The van der Waals surface area contributed by atoms with Gasteiger partial charge in [0.25, 0.3) is 5.91 Å². The van der Waals surface area contributed by atoms with E-state index in [2.05, 4.69) is 0 Å². The number of aliphatic hydroxyl groups is 1. The number of rotatable bonds is 6. The minimum Gasteiger partial charge on any atom is -0.502 e. The standard InChI is InChI=1S/C20H19NO5/c1-3-25-14-11-9-13(10-12-14)17-18(22)20(24)21(19(17)23)15-7-5-6-8-16(15)26-4-2/h5-12,22H,3-4H2,1-2H3. The van der Waals surface area contributed by atoms with E-state index >= 15 is 0 Å². The van der Waals surface area contributed by atoms with Crippen LogP contribution in [0.2, 0.25) is 0 Å². The van der Waals surface area contributed by atoms with Gasteiger partial charge < -0.3 is 14.6 Å². The normalized spacial score (nSPS) is 14.2. The van der Waals surface area contributed by atoms with Gasteiger partial charge in [0, 0.05) is 0 Å². The average Bonchev–Trinajstić information content (AvgIpc) is 2.86. The van der Waals surface area contributed by atoms with Gasteiger partial charge in [0.15, 0.2) is 5.76 Å². The topological polar surface area (TPSA) is 76.1 Å². The number of hydrogen-bond acceptors (Lipinski definition) is 5. The minimum atomic E-state index is -0.772. The fourth-order valence-electron chi connectivity index (χ4n) is 2.80. The molecule has 6 nitrogen and oxygen atoms in total. The van der Waals surface area contributed by atoms with Crippen molar-refractivity contribution in [1.29, 1.82) is 0 Å². The van der Waals surface area contributed by atoms with Gasteiger partial charge in [0.2, 0.25) is 0 Å². The van der Waals surface area contributed by atoms with Gasteiger partial charge in [0.1, 0.15) is 11.5 Å². The predicted octanol–water partition coefficient (Wildman–Crippen LogP) is 3.33. The summed E-state index contributed by atoms with van der Waals surface area (Å²) in [7, 11) is 0. The lowest BCUT2D eigenvalue weighted by molar-refractivity contribution is -0.121. The molecule has 1 aliphatic heterocycles. The van der Waals surface area contributed by atoms with Crippen LogP contribution in [-0.4, -0.2) is 30.1 Å². The number of nitrogens with zero attached hydrogens (tertiary/aromatic N) is 1. The molecule has 26 heavy (non-hydrogen) atoms. The van der Waals surface area contributed by atoms with Crippen molar-refractivity contribution in [1.82, 2.24) is 0 Å². The van der Waals surface area contributed by atoms with Crippen LogP contribution in [0.25, 0.3) is 5.57 Å². The van der Waals surface area contributed by atoms with E-state index in [0.717, 1.165) is 4.90 Å². The number of imide groups is 1. The molecule has 0 unspecified atom stereocenters. The molecule has 1 heterocycles. The zero-order valence-electron chi connectivity index (χ0n) is 14.6. The lowest BCUT2D eigenvalue weighted by Crippen LogP contribution is -2.32. The number of amides is 2. The Morgan fingerprint density at radius 3 is 2.19 bits per heavy atom. The van der Waals surface area contributed by atoms with Crippen LogP contribution in [0.4, 0.5) is 5.69 Å². The molecule has 1 N–H and O–H groups in total. The van der Waals surface area contributed by atoms with E-state index in [0.29, 0.717) is 36.0 Å².